The summed E-state index contributed by atoms with van der Waals surface area (Å²) in [5.74, 6) is -0.0458. The molecule has 2 atom stereocenters. The second-order valence-electron chi connectivity index (χ2n) is 6.90. The molecule has 0 radical (unpaired) electrons. The van der Waals surface area contributed by atoms with Crippen LogP contribution in [-0.4, -0.2) is 57.0 Å². The Morgan fingerprint density at radius 1 is 1.30 bits per heavy atom. The van der Waals surface area contributed by atoms with Gasteiger partial charge < -0.3 is 14.4 Å². The fourth-order valence-electron chi connectivity index (χ4n) is 3.95. The number of carbonyl (C=O) groups excluding carboxylic acids is 1. The van der Waals surface area contributed by atoms with Crippen molar-refractivity contribution >= 4 is 40.3 Å². The van der Waals surface area contributed by atoms with E-state index in [0.717, 1.165) is 17.0 Å². The van der Waals surface area contributed by atoms with E-state index in [-0.39, 0.29) is 17.9 Å². The molecule has 27 heavy (non-hydrogen) atoms. The lowest BCUT2D eigenvalue weighted by atomic mass is 9.88. The Labute approximate surface area is 158 Å². The Morgan fingerprint density at radius 2 is 2.07 bits per heavy atom. The van der Waals surface area contributed by atoms with E-state index in [1.54, 1.807) is 18.3 Å². The maximum Gasteiger partial charge on any atom is 0.407 e. The summed E-state index contributed by atoms with van der Waals surface area (Å²) >= 11 is 1.47. The van der Waals surface area contributed by atoms with E-state index in [1.165, 1.54) is 23.2 Å². The molecule has 0 saturated carbocycles. The number of anilines is 1. The predicted molar refractivity (Wildman–Crippen MR) is 99.4 cm³/mol. The highest BCUT2D eigenvalue weighted by Gasteiger charge is 2.48. The summed E-state index contributed by atoms with van der Waals surface area (Å²) in [6.45, 7) is 2.63. The summed E-state index contributed by atoms with van der Waals surface area (Å²) in [5, 5.41) is 11.9. The molecule has 3 fully saturated rings. The van der Waals surface area contributed by atoms with Crippen LogP contribution in [-0.2, 0) is 0 Å². The molecule has 0 spiro atoms. The number of thiazole rings is 1. The number of carbonyl (C=O) groups is 2. The summed E-state index contributed by atoms with van der Waals surface area (Å²) in [6, 6.07) is 3.93. The van der Waals surface area contributed by atoms with Crippen molar-refractivity contribution in [3.05, 3.63) is 29.3 Å². The van der Waals surface area contributed by atoms with Crippen LogP contribution < -0.4 is 4.90 Å². The molecule has 3 aromatic rings. The maximum absolute atomic E-state index is 11.9. The zero-order chi connectivity index (χ0) is 18.7. The number of benzene rings is 1. The summed E-state index contributed by atoms with van der Waals surface area (Å²) in [5.41, 5.74) is 2.52. The largest absolute Gasteiger partial charge is 0.465 e. The van der Waals surface area contributed by atoms with E-state index in [0.29, 0.717) is 35.8 Å². The van der Waals surface area contributed by atoms with Crippen LogP contribution in [0.3, 0.4) is 0 Å². The number of Topliss-reactive ketones (excluding diaryl/α,β-unsaturated/α-hetero) is 1. The molecular formula is C18H16N4O4S. The van der Waals surface area contributed by atoms with Crippen LogP contribution in [0.1, 0.15) is 23.7 Å². The zero-order valence-corrected chi connectivity index (χ0v) is 15.3. The summed E-state index contributed by atoms with van der Waals surface area (Å²) < 4.78 is 6.07. The van der Waals surface area contributed by atoms with Crippen LogP contribution in [0, 0.1) is 0 Å². The first-order chi connectivity index (χ1) is 13.0. The third kappa shape index (κ3) is 2.49. The number of piperidine rings is 1. The summed E-state index contributed by atoms with van der Waals surface area (Å²) in [7, 11) is 0. The van der Waals surface area contributed by atoms with Crippen LogP contribution in [0.5, 0.6) is 0 Å². The molecule has 2 bridgehead atoms. The number of hydrogen-bond acceptors (Lipinski definition) is 7. The lowest BCUT2D eigenvalue weighted by Gasteiger charge is -2.54. The number of piperazine rings is 1. The minimum atomic E-state index is -0.870. The van der Waals surface area contributed by atoms with E-state index >= 15 is 0 Å². The predicted octanol–water partition coefficient (Wildman–Crippen LogP) is 3.09. The Balaban J connectivity index is 1.55. The van der Waals surface area contributed by atoms with Crippen molar-refractivity contribution in [1.29, 1.82) is 0 Å². The second-order valence-corrected chi connectivity index (χ2v) is 7.79. The highest BCUT2D eigenvalue weighted by molar-refractivity contribution is 7.13. The summed E-state index contributed by atoms with van der Waals surface area (Å²) in [4.78, 5) is 35.6. The lowest BCUT2D eigenvalue weighted by Crippen LogP contribution is -2.70. The minimum absolute atomic E-state index is 0.0255. The third-order valence-corrected chi connectivity index (χ3v) is 6.04. The molecule has 0 aliphatic carbocycles. The summed E-state index contributed by atoms with van der Waals surface area (Å²) in [6.07, 6.45) is 1.72. The number of aromatic nitrogens is 2. The van der Waals surface area contributed by atoms with Gasteiger partial charge in [0.05, 0.1) is 17.6 Å². The molecular weight excluding hydrogens is 368 g/mol. The van der Waals surface area contributed by atoms with Crippen LogP contribution in [0.25, 0.3) is 21.7 Å². The van der Waals surface area contributed by atoms with Crippen LogP contribution in [0.2, 0.25) is 0 Å². The van der Waals surface area contributed by atoms with Gasteiger partial charge in [-0.05, 0) is 25.5 Å². The average Bonchev–Trinajstić information content (AvgIpc) is 3.30. The van der Waals surface area contributed by atoms with Gasteiger partial charge in [0.1, 0.15) is 10.5 Å². The second kappa shape index (κ2) is 5.78. The standard InChI is InChI=1S/C18H16N4O4S/c1-9(23)10-4-13(16-19-2-3-27-16)15-14(5-10)20-17(26-15)21-7-11-6-12(8-21)22(11)18(24)25/h2-5,11-12H,6-8H2,1H3,(H,24,25). The number of oxazole rings is 1. The molecule has 8 nitrogen and oxygen atoms in total. The van der Waals surface area contributed by atoms with E-state index in [2.05, 4.69) is 9.97 Å². The molecule has 1 N–H and O–H groups in total. The van der Waals surface area contributed by atoms with Crippen molar-refractivity contribution in [2.75, 3.05) is 18.0 Å². The van der Waals surface area contributed by atoms with Crippen molar-refractivity contribution in [2.45, 2.75) is 25.4 Å². The Morgan fingerprint density at radius 3 is 2.70 bits per heavy atom. The molecule has 5 heterocycles. The zero-order valence-electron chi connectivity index (χ0n) is 14.5. The van der Waals surface area contributed by atoms with Gasteiger partial charge in [0.25, 0.3) is 6.01 Å². The van der Waals surface area contributed by atoms with E-state index in [9.17, 15) is 14.7 Å². The van der Waals surface area contributed by atoms with Gasteiger partial charge in [-0.1, -0.05) is 0 Å². The van der Waals surface area contributed by atoms with Crippen molar-refractivity contribution < 1.29 is 19.1 Å². The smallest absolute Gasteiger partial charge is 0.407 e. The molecule has 9 heteroatoms. The first-order valence-corrected chi connectivity index (χ1v) is 9.51. The molecule has 3 aliphatic rings. The number of rotatable bonds is 3. The number of amides is 1. The SMILES string of the molecule is CC(=O)c1cc(-c2nccs2)c2oc(N3CC4CC(C3)N4C(=O)O)nc2c1. The Kier molecular flexibility index (Phi) is 3.48. The number of fused-ring (bicyclic) bond motifs is 3. The fraction of sp³-hybridized carbons (Fsp3) is 0.333. The molecule has 6 rings (SSSR count). The lowest BCUT2D eigenvalue weighted by molar-refractivity contribution is 0.0101. The monoisotopic (exact) mass is 384 g/mol. The van der Waals surface area contributed by atoms with E-state index < -0.39 is 6.09 Å². The van der Waals surface area contributed by atoms with Gasteiger partial charge in [-0.3, -0.25) is 9.69 Å². The quantitative estimate of drug-likeness (QED) is 0.693. The van der Waals surface area contributed by atoms with Gasteiger partial charge in [-0.25, -0.2) is 9.78 Å². The van der Waals surface area contributed by atoms with Gasteiger partial charge in [-0.15, -0.1) is 11.3 Å². The van der Waals surface area contributed by atoms with Crippen molar-refractivity contribution in [3.63, 3.8) is 0 Å². The van der Waals surface area contributed by atoms with Crippen LogP contribution in [0.15, 0.2) is 28.1 Å². The minimum Gasteiger partial charge on any atom is -0.465 e. The number of nitrogens with zero attached hydrogens (tertiary/aromatic N) is 4. The van der Waals surface area contributed by atoms with Gasteiger partial charge >= 0.3 is 6.09 Å². The molecule has 3 aliphatic heterocycles. The average molecular weight is 384 g/mol. The van der Waals surface area contributed by atoms with E-state index in [1.807, 2.05) is 10.3 Å². The van der Waals surface area contributed by atoms with Gasteiger partial charge in [0, 0.05) is 30.2 Å². The highest BCUT2D eigenvalue weighted by atomic mass is 32.1. The normalized spacial score (nSPS) is 21.4. The van der Waals surface area contributed by atoms with Gasteiger partial charge in [-0.2, -0.15) is 4.98 Å². The first-order valence-electron chi connectivity index (χ1n) is 8.63. The van der Waals surface area contributed by atoms with Crippen LogP contribution >= 0.6 is 11.3 Å². The molecule has 3 saturated heterocycles. The highest BCUT2D eigenvalue weighted by Crippen LogP contribution is 2.38. The Bertz CT molecular complexity index is 1050. The number of carboxylic acid groups (broad SMARTS) is 1. The number of ketones is 1. The first kappa shape index (κ1) is 16.2. The van der Waals surface area contributed by atoms with Gasteiger partial charge in [0.2, 0.25) is 0 Å². The molecule has 1 amide bonds. The number of hydrogen-bond donors (Lipinski definition) is 1. The van der Waals surface area contributed by atoms with Gasteiger partial charge in [0.15, 0.2) is 11.4 Å². The molecule has 2 aromatic heterocycles. The fourth-order valence-corrected chi connectivity index (χ4v) is 4.60. The maximum atomic E-state index is 11.9. The molecule has 1 aromatic carbocycles. The van der Waals surface area contributed by atoms with Crippen molar-refractivity contribution in [1.82, 2.24) is 14.9 Å². The topological polar surface area (TPSA) is 99.8 Å². The van der Waals surface area contributed by atoms with E-state index in [4.69, 9.17) is 4.42 Å². The molecule has 2 unspecified atom stereocenters. The van der Waals surface area contributed by atoms with Crippen molar-refractivity contribution in [3.8, 4) is 10.6 Å². The van der Waals surface area contributed by atoms with Crippen LogP contribution in [0.4, 0.5) is 10.8 Å². The Hall–Kier alpha value is -2.94. The van der Waals surface area contributed by atoms with Crippen molar-refractivity contribution in [2.24, 2.45) is 0 Å². The third-order valence-electron chi connectivity index (χ3n) is 5.23. The molecule has 138 valence electrons.